The Kier molecular flexibility index (Phi) is 7.39. The Labute approximate surface area is 116 Å². The molecule has 0 saturated carbocycles. The number of aliphatic hydroxyl groups excluding tert-OH is 1. The third kappa shape index (κ3) is 5.11. The fraction of sp³-hybridized carbons (Fsp3) is 0.933. The van der Waals surface area contributed by atoms with Crippen LogP contribution in [0, 0.1) is 17.8 Å². The topological polar surface area (TPSA) is 58.6 Å². The van der Waals surface area contributed by atoms with Crippen LogP contribution in [0.2, 0.25) is 0 Å². The second-order valence-electron chi connectivity index (χ2n) is 5.63. The number of hydrogen-bond acceptors (Lipinski definition) is 3. The fourth-order valence-corrected chi connectivity index (χ4v) is 2.80. The van der Waals surface area contributed by atoms with Gasteiger partial charge in [0.1, 0.15) is 0 Å². The molecule has 19 heavy (non-hydrogen) atoms. The Morgan fingerprint density at radius 1 is 1.32 bits per heavy atom. The molecule has 1 fully saturated rings. The summed E-state index contributed by atoms with van der Waals surface area (Å²) >= 11 is 0. The molecule has 0 aromatic heterocycles. The first kappa shape index (κ1) is 16.4. The minimum absolute atomic E-state index is 0.0119. The van der Waals surface area contributed by atoms with Crippen LogP contribution in [0.4, 0.5) is 0 Å². The van der Waals surface area contributed by atoms with E-state index in [-0.39, 0.29) is 17.7 Å². The van der Waals surface area contributed by atoms with E-state index in [4.69, 9.17) is 4.74 Å². The summed E-state index contributed by atoms with van der Waals surface area (Å²) in [7, 11) is 0. The maximum atomic E-state index is 12.1. The molecular formula is C15H29NO3. The average Bonchev–Trinajstić information content (AvgIpc) is 2.46. The van der Waals surface area contributed by atoms with Crippen molar-refractivity contribution >= 4 is 5.91 Å². The molecule has 1 heterocycles. The van der Waals surface area contributed by atoms with Gasteiger partial charge in [-0.3, -0.25) is 4.79 Å². The van der Waals surface area contributed by atoms with E-state index < -0.39 is 6.10 Å². The molecule has 1 saturated heterocycles. The van der Waals surface area contributed by atoms with E-state index in [1.807, 2.05) is 6.92 Å². The van der Waals surface area contributed by atoms with Crippen molar-refractivity contribution in [3.05, 3.63) is 0 Å². The van der Waals surface area contributed by atoms with Crippen molar-refractivity contribution in [3.63, 3.8) is 0 Å². The largest absolute Gasteiger partial charge is 0.391 e. The summed E-state index contributed by atoms with van der Waals surface area (Å²) in [6, 6.07) is 0. The predicted molar refractivity (Wildman–Crippen MR) is 75.8 cm³/mol. The van der Waals surface area contributed by atoms with Crippen LogP contribution >= 0.6 is 0 Å². The van der Waals surface area contributed by atoms with Gasteiger partial charge in [-0.2, -0.15) is 0 Å². The molecule has 0 aromatic rings. The van der Waals surface area contributed by atoms with Gasteiger partial charge >= 0.3 is 0 Å². The molecule has 2 N–H and O–H groups in total. The van der Waals surface area contributed by atoms with Crippen molar-refractivity contribution in [2.75, 3.05) is 19.8 Å². The zero-order valence-electron chi connectivity index (χ0n) is 12.5. The molecule has 1 amide bonds. The van der Waals surface area contributed by atoms with Crippen molar-refractivity contribution < 1.29 is 14.6 Å². The molecule has 0 bridgehead atoms. The summed E-state index contributed by atoms with van der Waals surface area (Å²) in [5.74, 6) is 0.771. The van der Waals surface area contributed by atoms with E-state index in [2.05, 4.69) is 19.2 Å². The fourth-order valence-electron chi connectivity index (χ4n) is 2.80. The van der Waals surface area contributed by atoms with Crippen LogP contribution in [0.25, 0.3) is 0 Å². The summed E-state index contributed by atoms with van der Waals surface area (Å²) in [6.07, 6.45) is 3.39. The van der Waals surface area contributed by atoms with Crippen molar-refractivity contribution in [1.29, 1.82) is 0 Å². The number of amides is 1. The SMILES string of the molecule is CCC(CC)C(O)CNC(=O)C(C)C1CCOCC1. The van der Waals surface area contributed by atoms with Crippen LogP contribution in [0.5, 0.6) is 0 Å². The molecule has 0 aliphatic carbocycles. The van der Waals surface area contributed by atoms with E-state index in [0.717, 1.165) is 38.9 Å². The predicted octanol–water partition coefficient (Wildman–Crippen LogP) is 1.96. The average molecular weight is 271 g/mol. The molecule has 2 atom stereocenters. The highest BCUT2D eigenvalue weighted by Crippen LogP contribution is 2.23. The molecule has 1 rings (SSSR count). The lowest BCUT2D eigenvalue weighted by atomic mass is 9.86. The highest BCUT2D eigenvalue weighted by atomic mass is 16.5. The second kappa shape index (κ2) is 8.54. The number of nitrogens with one attached hydrogen (secondary N) is 1. The van der Waals surface area contributed by atoms with E-state index in [1.54, 1.807) is 0 Å². The molecule has 0 radical (unpaired) electrons. The van der Waals surface area contributed by atoms with Crippen LogP contribution in [-0.4, -0.2) is 36.9 Å². The maximum absolute atomic E-state index is 12.1. The second-order valence-corrected chi connectivity index (χ2v) is 5.63. The Hall–Kier alpha value is -0.610. The zero-order chi connectivity index (χ0) is 14.3. The van der Waals surface area contributed by atoms with Crippen molar-refractivity contribution in [2.24, 2.45) is 17.8 Å². The minimum Gasteiger partial charge on any atom is -0.391 e. The van der Waals surface area contributed by atoms with Crippen molar-refractivity contribution in [2.45, 2.75) is 52.6 Å². The van der Waals surface area contributed by atoms with Gasteiger partial charge < -0.3 is 15.2 Å². The first-order chi connectivity index (χ1) is 9.10. The Balaban J connectivity index is 2.33. The number of carbonyl (C=O) groups excluding carboxylic acids is 1. The first-order valence-electron chi connectivity index (χ1n) is 7.63. The van der Waals surface area contributed by atoms with Gasteiger partial charge in [-0.15, -0.1) is 0 Å². The van der Waals surface area contributed by atoms with Crippen LogP contribution in [0.1, 0.15) is 46.5 Å². The summed E-state index contributed by atoms with van der Waals surface area (Å²) in [5, 5.41) is 12.9. The Morgan fingerprint density at radius 2 is 1.89 bits per heavy atom. The number of rotatable bonds is 7. The molecule has 1 aliphatic rings. The molecule has 4 nitrogen and oxygen atoms in total. The highest BCUT2D eigenvalue weighted by Gasteiger charge is 2.26. The maximum Gasteiger partial charge on any atom is 0.223 e. The van der Waals surface area contributed by atoms with Gasteiger partial charge in [0.25, 0.3) is 0 Å². The quantitative estimate of drug-likeness (QED) is 0.744. The molecular weight excluding hydrogens is 242 g/mol. The molecule has 1 aliphatic heterocycles. The van der Waals surface area contributed by atoms with Gasteiger partial charge in [0.05, 0.1) is 6.10 Å². The van der Waals surface area contributed by atoms with Gasteiger partial charge in [-0.1, -0.05) is 33.6 Å². The number of carbonyl (C=O) groups is 1. The smallest absolute Gasteiger partial charge is 0.223 e. The molecule has 4 heteroatoms. The Bertz CT molecular complexity index is 260. The monoisotopic (exact) mass is 271 g/mol. The van der Waals surface area contributed by atoms with E-state index in [0.29, 0.717) is 12.5 Å². The lowest BCUT2D eigenvalue weighted by Crippen LogP contribution is -2.41. The van der Waals surface area contributed by atoms with E-state index >= 15 is 0 Å². The third-order valence-electron chi connectivity index (χ3n) is 4.46. The van der Waals surface area contributed by atoms with Crippen molar-refractivity contribution in [3.8, 4) is 0 Å². The lowest BCUT2D eigenvalue weighted by Gasteiger charge is -2.28. The molecule has 112 valence electrons. The molecule has 0 spiro atoms. The van der Waals surface area contributed by atoms with Gasteiger partial charge in [0.15, 0.2) is 0 Å². The van der Waals surface area contributed by atoms with E-state index in [1.165, 1.54) is 0 Å². The molecule has 0 aromatic carbocycles. The van der Waals surface area contributed by atoms with Gasteiger partial charge in [-0.05, 0) is 24.7 Å². The summed E-state index contributed by atoms with van der Waals surface area (Å²) in [5.41, 5.74) is 0. The minimum atomic E-state index is -0.430. The van der Waals surface area contributed by atoms with Crippen molar-refractivity contribution in [1.82, 2.24) is 5.32 Å². The van der Waals surface area contributed by atoms with E-state index in [9.17, 15) is 9.90 Å². The summed E-state index contributed by atoms with van der Waals surface area (Å²) < 4.78 is 5.32. The summed E-state index contributed by atoms with van der Waals surface area (Å²) in [4.78, 5) is 12.1. The lowest BCUT2D eigenvalue weighted by molar-refractivity contribution is -0.127. The van der Waals surface area contributed by atoms with Gasteiger partial charge in [-0.25, -0.2) is 0 Å². The van der Waals surface area contributed by atoms with Crippen LogP contribution < -0.4 is 5.32 Å². The third-order valence-corrected chi connectivity index (χ3v) is 4.46. The number of aliphatic hydroxyl groups is 1. The Morgan fingerprint density at radius 3 is 2.42 bits per heavy atom. The number of ether oxygens (including phenoxy) is 1. The van der Waals surface area contributed by atoms with Gasteiger partial charge in [0.2, 0.25) is 5.91 Å². The normalized spacial score (nSPS) is 20.3. The highest BCUT2D eigenvalue weighted by molar-refractivity contribution is 5.78. The van der Waals surface area contributed by atoms with Crippen LogP contribution in [0.3, 0.4) is 0 Å². The first-order valence-corrected chi connectivity index (χ1v) is 7.63. The van der Waals surface area contributed by atoms with Crippen LogP contribution in [-0.2, 0) is 9.53 Å². The van der Waals surface area contributed by atoms with Crippen LogP contribution in [0.15, 0.2) is 0 Å². The summed E-state index contributed by atoms with van der Waals surface area (Å²) in [6.45, 7) is 8.03. The number of hydrogen-bond donors (Lipinski definition) is 2. The molecule has 2 unspecified atom stereocenters. The zero-order valence-corrected chi connectivity index (χ0v) is 12.5. The standard InChI is InChI=1S/C15H29NO3/c1-4-12(5-2)14(17)10-16-15(18)11(3)13-6-8-19-9-7-13/h11-14,17H,4-10H2,1-3H3,(H,16,18). The van der Waals surface area contributed by atoms with Gasteiger partial charge in [0, 0.05) is 25.7 Å².